The lowest BCUT2D eigenvalue weighted by Crippen LogP contribution is -2.40. The molecule has 2 aromatic carbocycles. The highest BCUT2D eigenvalue weighted by Gasteiger charge is 2.25. The summed E-state index contributed by atoms with van der Waals surface area (Å²) in [6.07, 6.45) is 2.27. The topological polar surface area (TPSA) is 45.2 Å². The number of nitrogens with zero attached hydrogens (tertiary/aromatic N) is 2. The van der Waals surface area contributed by atoms with Crippen LogP contribution >= 0.6 is 11.3 Å². The third-order valence-corrected chi connectivity index (χ3v) is 5.49. The summed E-state index contributed by atoms with van der Waals surface area (Å²) < 4.78 is 1.05. The first-order valence-electron chi connectivity index (χ1n) is 8.27. The number of aromatic nitrogens is 1. The van der Waals surface area contributed by atoms with Crippen molar-refractivity contribution in [1.82, 2.24) is 10.3 Å². The molecule has 0 saturated carbocycles. The van der Waals surface area contributed by atoms with E-state index < -0.39 is 0 Å². The van der Waals surface area contributed by atoms with Crippen LogP contribution in [0.1, 0.15) is 22.6 Å². The summed E-state index contributed by atoms with van der Waals surface area (Å²) in [6, 6.07) is 18.6. The molecule has 0 unspecified atom stereocenters. The fourth-order valence-electron chi connectivity index (χ4n) is 3.26. The molecule has 5 heteroatoms. The molecule has 3 aromatic rings. The van der Waals surface area contributed by atoms with Gasteiger partial charge in [-0.1, -0.05) is 30.3 Å². The van der Waals surface area contributed by atoms with E-state index in [2.05, 4.69) is 39.5 Å². The molecule has 1 fully saturated rings. The van der Waals surface area contributed by atoms with E-state index in [9.17, 15) is 4.79 Å². The smallest absolute Gasteiger partial charge is 0.280 e. The van der Waals surface area contributed by atoms with Crippen molar-refractivity contribution in [2.75, 3.05) is 18.0 Å². The van der Waals surface area contributed by atoms with Crippen molar-refractivity contribution in [3.63, 3.8) is 0 Å². The normalized spacial score (nSPS) is 17.3. The van der Waals surface area contributed by atoms with Crippen LogP contribution in [0.2, 0.25) is 0 Å². The molecule has 24 heavy (non-hydrogen) atoms. The fourth-order valence-corrected chi connectivity index (χ4v) is 4.14. The largest absolute Gasteiger partial charge is 0.367 e. The lowest BCUT2D eigenvalue weighted by molar-refractivity contribution is 0.0951. The maximum Gasteiger partial charge on any atom is 0.280 e. The van der Waals surface area contributed by atoms with Crippen LogP contribution in [0.3, 0.4) is 0 Å². The molecular formula is C19H19N3OS. The Hall–Kier alpha value is -2.40. The molecule has 0 radical (unpaired) electrons. The van der Waals surface area contributed by atoms with E-state index in [0.717, 1.165) is 29.6 Å². The number of benzene rings is 2. The van der Waals surface area contributed by atoms with Gasteiger partial charge in [0.15, 0.2) is 5.01 Å². The predicted molar refractivity (Wildman–Crippen MR) is 98.8 cm³/mol. The number of carbonyl (C=O) groups excluding carboxylic acids is 1. The Morgan fingerprint density at radius 1 is 1.17 bits per heavy atom. The van der Waals surface area contributed by atoms with Gasteiger partial charge in [0.1, 0.15) is 0 Å². The summed E-state index contributed by atoms with van der Waals surface area (Å²) in [5, 5.41) is 3.61. The fraction of sp³-hybridized carbons (Fsp3) is 0.263. The average molecular weight is 337 g/mol. The van der Waals surface area contributed by atoms with E-state index in [0.29, 0.717) is 17.6 Å². The molecule has 122 valence electrons. The summed E-state index contributed by atoms with van der Waals surface area (Å²) in [7, 11) is 0. The SMILES string of the molecule is O=C(NC[C@H]1CCCN1c1ccccc1)c1nc2ccccc2s1. The van der Waals surface area contributed by atoms with Gasteiger partial charge in [0.05, 0.1) is 10.2 Å². The minimum atomic E-state index is -0.0730. The number of hydrogen-bond donors (Lipinski definition) is 1. The number of nitrogens with one attached hydrogen (secondary N) is 1. The van der Waals surface area contributed by atoms with Crippen molar-refractivity contribution >= 4 is 33.1 Å². The van der Waals surface area contributed by atoms with E-state index >= 15 is 0 Å². The molecule has 1 saturated heterocycles. The van der Waals surface area contributed by atoms with Crippen LogP contribution in [-0.4, -0.2) is 30.0 Å². The molecule has 1 aliphatic rings. The number of hydrogen-bond acceptors (Lipinski definition) is 4. The van der Waals surface area contributed by atoms with Crippen molar-refractivity contribution in [1.29, 1.82) is 0 Å². The third kappa shape index (κ3) is 2.99. The molecular weight excluding hydrogens is 318 g/mol. The van der Waals surface area contributed by atoms with Gasteiger partial charge in [0.25, 0.3) is 5.91 Å². The van der Waals surface area contributed by atoms with Crippen molar-refractivity contribution in [2.45, 2.75) is 18.9 Å². The van der Waals surface area contributed by atoms with Gasteiger partial charge in [-0.2, -0.15) is 0 Å². The Morgan fingerprint density at radius 3 is 2.79 bits per heavy atom. The number of carbonyl (C=O) groups is 1. The second-order valence-electron chi connectivity index (χ2n) is 6.02. The third-order valence-electron chi connectivity index (χ3n) is 4.45. The van der Waals surface area contributed by atoms with Crippen LogP contribution in [0.25, 0.3) is 10.2 Å². The summed E-state index contributed by atoms with van der Waals surface area (Å²) in [4.78, 5) is 19.2. The van der Waals surface area contributed by atoms with Gasteiger partial charge in [0.2, 0.25) is 0 Å². The second-order valence-corrected chi connectivity index (χ2v) is 7.05. The monoisotopic (exact) mass is 337 g/mol. The zero-order valence-electron chi connectivity index (χ0n) is 13.3. The Kier molecular flexibility index (Phi) is 4.17. The summed E-state index contributed by atoms with van der Waals surface area (Å²) in [6.45, 7) is 1.70. The van der Waals surface area contributed by atoms with E-state index in [4.69, 9.17) is 0 Å². The quantitative estimate of drug-likeness (QED) is 0.790. The predicted octanol–water partition coefficient (Wildman–Crippen LogP) is 3.70. The van der Waals surface area contributed by atoms with Crippen LogP contribution in [0, 0.1) is 0 Å². The standard InChI is InChI=1S/C19H19N3OS/c23-18(19-21-16-10-4-5-11-17(16)24-19)20-13-15-9-6-12-22(15)14-7-2-1-3-8-14/h1-5,7-8,10-11,15H,6,9,12-13H2,(H,20,23)/t15-/m1/s1. The molecule has 1 amide bonds. The summed E-state index contributed by atoms with van der Waals surface area (Å²) >= 11 is 1.45. The van der Waals surface area contributed by atoms with Crippen LogP contribution in [0.5, 0.6) is 0 Å². The molecule has 1 atom stereocenters. The lowest BCUT2D eigenvalue weighted by atomic mass is 10.2. The van der Waals surface area contributed by atoms with Crippen molar-refractivity contribution in [3.8, 4) is 0 Å². The van der Waals surface area contributed by atoms with Gasteiger partial charge < -0.3 is 10.2 Å². The van der Waals surface area contributed by atoms with Crippen LogP contribution < -0.4 is 10.2 Å². The molecule has 1 N–H and O–H groups in total. The van der Waals surface area contributed by atoms with Crippen LogP contribution in [0.15, 0.2) is 54.6 Å². The number of rotatable bonds is 4. The minimum Gasteiger partial charge on any atom is -0.367 e. The second kappa shape index (κ2) is 6.61. The Morgan fingerprint density at radius 2 is 1.96 bits per heavy atom. The zero-order chi connectivity index (χ0) is 16.4. The van der Waals surface area contributed by atoms with Gasteiger partial charge in [0, 0.05) is 24.8 Å². The van der Waals surface area contributed by atoms with E-state index in [1.165, 1.54) is 17.0 Å². The van der Waals surface area contributed by atoms with Crippen LogP contribution in [-0.2, 0) is 0 Å². The maximum atomic E-state index is 12.4. The first-order valence-corrected chi connectivity index (χ1v) is 9.08. The van der Waals surface area contributed by atoms with E-state index in [1.807, 2.05) is 30.3 Å². The maximum absolute atomic E-state index is 12.4. The average Bonchev–Trinajstić information content (AvgIpc) is 3.27. The molecule has 4 rings (SSSR count). The highest BCUT2D eigenvalue weighted by molar-refractivity contribution is 7.20. The molecule has 4 nitrogen and oxygen atoms in total. The molecule has 0 bridgehead atoms. The lowest BCUT2D eigenvalue weighted by Gasteiger charge is -2.26. The Balaban J connectivity index is 1.43. The van der Waals surface area contributed by atoms with Gasteiger partial charge in [-0.15, -0.1) is 11.3 Å². The summed E-state index contributed by atoms with van der Waals surface area (Å²) in [5.74, 6) is -0.0730. The van der Waals surface area contributed by atoms with Gasteiger partial charge in [-0.05, 0) is 37.1 Å². The van der Waals surface area contributed by atoms with Crippen molar-refractivity contribution < 1.29 is 4.79 Å². The van der Waals surface area contributed by atoms with E-state index in [1.54, 1.807) is 0 Å². The number of thiazole rings is 1. The highest BCUT2D eigenvalue weighted by Crippen LogP contribution is 2.25. The Bertz CT molecular complexity index is 813. The van der Waals surface area contributed by atoms with Crippen LogP contribution in [0.4, 0.5) is 5.69 Å². The van der Waals surface area contributed by atoms with Crippen molar-refractivity contribution in [2.24, 2.45) is 0 Å². The number of amides is 1. The summed E-state index contributed by atoms with van der Waals surface area (Å²) in [5.41, 5.74) is 2.12. The molecule has 0 aliphatic carbocycles. The molecule has 0 spiro atoms. The number of anilines is 1. The number of para-hydroxylation sites is 2. The first-order chi connectivity index (χ1) is 11.8. The van der Waals surface area contributed by atoms with E-state index in [-0.39, 0.29) is 5.91 Å². The molecule has 1 aromatic heterocycles. The van der Waals surface area contributed by atoms with Gasteiger partial charge in [-0.25, -0.2) is 4.98 Å². The first kappa shape index (κ1) is 15.1. The zero-order valence-corrected chi connectivity index (χ0v) is 14.1. The minimum absolute atomic E-state index is 0.0730. The highest BCUT2D eigenvalue weighted by atomic mass is 32.1. The van der Waals surface area contributed by atoms with Crippen molar-refractivity contribution in [3.05, 3.63) is 59.6 Å². The Labute approximate surface area is 145 Å². The van der Waals surface area contributed by atoms with Gasteiger partial charge in [-0.3, -0.25) is 4.79 Å². The molecule has 1 aliphatic heterocycles. The number of fused-ring (bicyclic) bond motifs is 1. The molecule has 2 heterocycles. The van der Waals surface area contributed by atoms with Gasteiger partial charge >= 0.3 is 0 Å².